The highest BCUT2D eigenvalue weighted by Crippen LogP contribution is 2.41. The summed E-state index contributed by atoms with van der Waals surface area (Å²) in [5.41, 5.74) is 1.12. The summed E-state index contributed by atoms with van der Waals surface area (Å²) in [5.74, 6) is 0.369. The van der Waals surface area contributed by atoms with Gasteiger partial charge in [-0.05, 0) is 34.5 Å². The van der Waals surface area contributed by atoms with E-state index in [0.717, 1.165) is 19.4 Å². The molecule has 0 saturated heterocycles. The Labute approximate surface area is 82.8 Å². The van der Waals surface area contributed by atoms with Gasteiger partial charge < -0.3 is 5.11 Å². The first-order valence-corrected chi connectivity index (χ1v) is 5.17. The molecule has 0 unspecified atom stereocenters. The van der Waals surface area contributed by atoms with Gasteiger partial charge in [-0.2, -0.15) is 0 Å². The summed E-state index contributed by atoms with van der Waals surface area (Å²) in [7, 11) is 0. The molecule has 0 radical (unpaired) electrons. The number of hydrogen-bond donors (Lipinski definition) is 1. The molecule has 0 atom stereocenters. The van der Waals surface area contributed by atoms with E-state index in [1.54, 1.807) is 11.3 Å². The topological polar surface area (TPSA) is 20.2 Å². The first-order chi connectivity index (χ1) is 5.70. The van der Waals surface area contributed by atoms with E-state index in [0.29, 0.717) is 5.75 Å². The smallest absolute Gasteiger partial charge is 0.148 e. The maximum absolute atomic E-state index is 9.64. The van der Waals surface area contributed by atoms with Crippen LogP contribution in [0.3, 0.4) is 0 Å². The van der Waals surface area contributed by atoms with E-state index in [4.69, 9.17) is 0 Å². The summed E-state index contributed by atoms with van der Waals surface area (Å²) in [6.07, 6.45) is 0. The zero-order chi connectivity index (χ0) is 8.72. The second kappa shape index (κ2) is 2.75. The van der Waals surface area contributed by atoms with Crippen molar-refractivity contribution in [3.8, 4) is 5.75 Å². The van der Waals surface area contributed by atoms with Crippen molar-refractivity contribution < 1.29 is 5.11 Å². The number of halogens is 1. The van der Waals surface area contributed by atoms with Crippen molar-refractivity contribution in [3.05, 3.63) is 27.5 Å². The molecule has 0 aliphatic heterocycles. The number of aromatic hydroxyl groups is 1. The van der Waals surface area contributed by atoms with Crippen LogP contribution in [0, 0.1) is 6.92 Å². The number of hydrogen-bond acceptors (Lipinski definition) is 2. The third-order valence-electron chi connectivity index (χ3n) is 1.86. The molecule has 0 amide bonds. The summed E-state index contributed by atoms with van der Waals surface area (Å²) in [5, 5.41) is 10.6. The zero-order valence-corrected chi connectivity index (χ0v) is 8.87. The van der Waals surface area contributed by atoms with Crippen molar-refractivity contribution in [2.45, 2.75) is 6.92 Å². The first kappa shape index (κ1) is 8.08. The Bertz CT molecular complexity index is 433. The summed E-state index contributed by atoms with van der Waals surface area (Å²) in [6, 6.07) is 6.01. The monoisotopic (exact) mass is 242 g/mol. The lowest BCUT2D eigenvalue weighted by atomic mass is 10.1. The zero-order valence-electron chi connectivity index (χ0n) is 6.47. The standard InChI is InChI=1S/C9H7BrOS/c1-5-3-2-4-6-7(5)8(11)9(10)12-6/h2-4,11H,1H3. The predicted molar refractivity (Wildman–Crippen MR) is 55.9 cm³/mol. The first-order valence-electron chi connectivity index (χ1n) is 3.56. The summed E-state index contributed by atoms with van der Waals surface area (Å²) in [6.45, 7) is 2.00. The minimum Gasteiger partial charge on any atom is -0.505 e. The number of rotatable bonds is 0. The van der Waals surface area contributed by atoms with E-state index in [9.17, 15) is 5.11 Å². The number of aryl methyl sites for hydroxylation is 1. The van der Waals surface area contributed by atoms with Crippen molar-refractivity contribution in [2.75, 3.05) is 0 Å². The largest absolute Gasteiger partial charge is 0.505 e. The minimum atomic E-state index is 0.369. The molecule has 0 aliphatic carbocycles. The molecule has 0 spiro atoms. The summed E-state index contributed by atoms with van der Waals surface area (Å²) >= 11 is 4.87. The van der Waals surface area contributed by atoms with Gasteiger partial charge in [0.05, 0.1) is 0 Å². The molecule has 0 saturated carbocycles. The van der Waals surface area contributed by atoms with Crippen LogP contribution in [0.25, 0.3) is 10.1 Å². The van der Waals surface area contributed by atoms with E-state index < -0.39 is 0 Å². The van der Waals surface area contributed by atoms with Gasteiger partial charge in [-0.15, -0.1) is 11.3 Å². The maximum Gasteiger partial charge on any atom is 0.148 e. The Kier molecular flexibility index (Phi) is 1.85. The van der Waals surface area contributed by atoms with Crippen LogP contribution in [-0.4, -0.2) is 5.11 Å². The summed E-state index contributed by atoms with van der Waals surface area (Å²) in [4.78, 5) is 0. The van der Waals surface area contributed by atoms with Gasteiger partial charge in [-0.3, -0.25) is 0 Å². The van der Waals surface area contributed by atoms with Crippen LogP contribution in [-0.2, 0) is 0 Å². The fraction of sp³-hybridized carbons (Fsp3) is 0.111. The van der Waals surface area contributed by atoms with Crippen LogP contribution in [0.4, 0.5) is 0 Å². The molecule has 2 aromatic rings. The average Bonchev–Trinajstić information content (AvgIpc) is 2.29. The SMILES string of the molecule is Cc1cccc2sc(Br)c(O)c12. The Morgan fingerprint density at radius 1 is 1.42 bits per heavy atom. The van der Waals surface area contributed by atoms with E-state index >= 15 is 0 Å². The highest BCUT2D eigenvalue weighted by atomic mass is 79.9. The molecule has 0 fully saturated rings. The van der Waals surface area contributed by atoms with Crippen molar-refractivity contribution in [1.82, 2.24) is 0 Å². The molecule has 1 aromatic carbocycles. The third-order valence-corrected chi connectivity index (χ3v) is 3.65. The quantitative estimate of drug-likeness (QED) is 0.748. The Morgan fingerprint density at radius 3 is 2.83 bits per heavy atom. The molecule has 0 bridgehead atoms. The van der Waals surface area contributed by atoms with Gasteiger partial charge in [0.1, 0.15) is 9.54 Å². The molecular formula is C9H7BrOS. The minimum absolute atomic E-state index is 0.369. The van der Waals surface area contributed by atoms with Gasteiger partial charge in [-0.1, -0.05) is 12.1 Å². The Balaban J connectivity index is 2.97. The van der Waals surface area contributed by atoms with Crippen LogP contribution in [0.5, 0.6) is 5.75 Å². The van der Waals surface area contributed by atoms with Crippen LogP contribution in [0.1, 0.15) is 5.56 Å². The molecule has 1 heterocycles. The van der Waals surface area contributed by atoms with Crippen molar-refractivity contribution in [1.29, 1.82) is 0 Å². The lowest BCUT2D eigenvalue weighted by Gasteiger charge is -1.94. The molecule has 62 valence electrons. The molecule has 3 heteroatoms. The van der Waals surface area contributed by atoms with Gasteiger partial charge in [0.15, 0.2) is 0 Å². The van der Waals surface area contributed by atoms with Gasteiger partial charge in [-0.25, -0.2) is 0 Å². The highest BCUT2D eigenvalue weighted by Gasteiger charge is 2.09. The van der Waals surface area contributed by atoms with Crippen molar-refractivity contribution in [2.24, 2.45) is 0 Å². The van der Waals surface area contributed by atoms with Crippen LogP contribution < -0.4 is 0 Å². The van der Waals surface area contributed by atoms with Gasteiger partial charge in [0.2, 0.25) is 0 Å². The average molecular weight is 243 g/mol. The second-order valence-corrected chi connectivity index (χ2v) is 5.04. The van der Waals surface area contributed by atoms with Crippen molar-refractivity contribution in [3.63, 3.8) is 0 Å². The highest BCUT2D eigenvalue weighted by molar-refractivity contribution is 9.11. The number of fused-ring (bicyclic) bond motifs is 1. The van der Waals surface area contributed by atoms with Crippen LogP contribution in [0.15, 0.2) is 22.0 Å². The van der Waals surface area contributed by atoms with E-state index in [1.165, 1.54) is 0 Å². The molecule has 0 aliphatic rings. The van der Waals surface area contributed by atoms with Crippen LogP contribution >= 0.6 is 27.3 Å². The molecular weight excluding hydrogens is 236 g/mol. The van der Waals surface area contributed by atoms with Gasteiger partial charge >= 0.3 is 0 Å². The van der Waals surface area contributed by atoms with Gasteiger partial charge in [0, 0.05) is 10.1 Å². The van der Waals surface area contributed by atoms with E-state index in [2.05, 4.69) is 15.9 Å². The third kappa shape index (κ3) is 1.04. The normalized spacial score (nSPS) is 10.8. The fourth-order valence-corrected chi connectivity index (χ4v) is 2.89. The molecule has 1 nitrogen and oxygen atoms in total. The number of thiophene rings is 1. The second-order valence-electron chi connectivity index (χ2n) is 2.67. The van der Waals surface area contributed by atoms with E-state index in [-0.39, 0.29) is 0 Å². The van der Waals surface area contributed by atoms with Gasteiger partial charge in [0.25, 0.3) is 0 Å². The van der Waals surface area contributed by atoms with Crippen LogP contribution in [0.2, 0.25) is 0 Å². The lowest BCUT2D eigenvalue weighted by molar-refractivity contribution is 0.480. The molecule has 1 aromatic heterocycles. The number of benzene rings is 1. The summed E-state index contributed by atoms with van der Waals surface area (Å²) < 4.78 is 1.94. The lowest BCUT2D eigenvalue weighted by Crippen LogP contribution is -1.71. The molecule has 2 rings (SSSR count). The Morgan fingerprint density at radius 2 is 2.17 bits per heavy atom. The fourth-order valence-electron chi connectivity index (χ4n) is 1.27. The van der Waals surface area contributed by atoms with E-state index in [1.807, 2.05) is 25.1 Å². The predicted octanol–water partition coefficient (Wildman–Crippen LogP) is 3.68. The molecule has 12 heavy (non-hydrogen) atoms. The Hall–Kier alpha value is -0.540. The van der Waals surface area contributed by atoms with Crippen molar-refractivity contribution >= 4 is 37.4 Å². The maximum atomic E-state index is 9.64. The molecule has 1 N–H and O–H groups in total.